The highest BCUT2D eigenvalue weighted by Gasteiger charge is 1.98. The lowest BCUT2D eigenvalue weighted by molar-refractivity contribution is -0.119. The van der Waals surface area contributed by atoms with Gasteiger partial charge in [-0.3, -0.25) is 4.79 Å². The normalized spacial score (nSPS) is 8.83. The fourth-order valence-electron chi connectivity index (χ4n) is 0.643. The molecule has 5 heteroatoms. The third-order valence-corrected chi connectivity index (χ3v) is 1.41. The predicted octanol–water partition coefficient (Wildman–Crippen LogP) is -0.393. The van der Waals surface area contributed by atoms with Crippen molar-refractivity contribution in [1.29, 1.82) is 0 Å². The van der Waals surface area contributed by atoms with Crippen molar-refractivity contribution in [3.63, 3.8) is 0 Å². The Hall–Kier alpha value is -0.840. The summed E-state index contributed by atoms with van der Waals surface area (Å²) in [5, 5.41) is 8.83. The highest BCUT2D eigenvalue weighted by molar-refractivity contribution is 7.80. The van der Waals surface area contributed by atoms with Gasteiger partial charge in [-0.1, -0.05) is 0 Å². The van der Waals surface area contributed by atoms with E-state index >= 15 is 0 Å². The largest absolute Gasteiger partial charge is 0.363 e. The van der Waals surface area contributed by atoms with Gasteiger partial charge < -0.3 is 16.0 Å². The van der Waals surface area contributed by atoms with Gasteiger partial charge in [-0.15, -0.1) is 0 Å². The van der Waals surface area contributed by atoms with Gasteiger partial charge in [0.1, 0.15) is 0 Å². The molecule has 0 heterocycles. The minimum atomic E-state index is -0.0437. The number of rotatable bonds is 4. The first-order valence-corrected chi connectivity index (χ1v) is 4.39. The van der Waals surface area contributed by atoms with Crippen LogP contribution in [-0.2, 0) is 4.79 Å². The van der Waals surface area contributed by atoms with E-state index in [0.717, 1.165) is 6.54 Å². The molecule has 0 saturated heterocycles. The van der Waals surface area contributed by atoms with Gasteiger partial charge in [-0.2, -0.15) is 0 Å². The molecule has 12 heavy (non-hydrogen) atoms. The molecule has 0 aliphatic heterocycles. The third-order valence-electron chi connectivity index (χ3n) is 1.12. The van der Waals surface area contributed by atoms with Crippen LogP contribution in [0.25, 0.3) is 0 Å². The van der Waals surface area contributed by atoms with Gasteiger partial charge in [0.25, 0.3) is 0 Å². The first kappa shape index (κ1) is 11.2. The van der Waals surface area contributed by atoms with Crippen LogP contribution in [0, 0.1) is 0 Å². The molecule has 0 aromatic heterocycles. The topological polar surface area (TPSA) is 53.2 Å². The molecular formula is C7H15N3OS. The van der Waals surface area contributed by atoms with Gasteiger partial charge in [-0.05, 0) is 26.1 Å². The molecule has 0 rings (SSSR count). The van der Waals surface area contributed by atoms with Crippen LogP contribution < -0.4 is 16.0 Å². The molecule has 0 saturated carbocycles. The molecule has 0 fully saturated rings. The zero-order valence-electron chi connectivity index (χ0n) is 7.44. The average molecular weight is 189 g/mol. The van der Waals surface area contributed by atoms with Gasteiger partial charge in [0.05, 0.1) is 6.54 Å². The summed E-state index contributed by atoms with van der Waals surface area (Å²) >= 11 is 4.85. The zero-order chi connectivity index (χ0) is 9.40. The summed E-state index contributed by atoms with van der Waals surface area (Å²) in [5.41, 5.74) is 0. The van der Waals surface area contributed by atoms with Crippen LogP contribution in [0.2, 0.25) is 0 Å². The Kier molecular flexibility index (Phi) is 6.37. The number of carbonyl (C=O) groups excluding carboxylic acids is 1. The highest BCUT2D eigenvalue weighted by Crippen LogP contribution is 1.67. The Labute approximate surface area is 78.1 Å². The number of hydrogen-bond acceptors (Lipinski definition) is 2. The fraction of sp³-hybridized carbons (Fsp3) is 0.714. The molecule has 4 nitrogen and oxygen atoms in total. The van der Waals surface area contributed by atoms with Crippen molar-refractivity contribution >= 4 is 23.2 Å². The average Bonchev–Trinajstić information content (AvgIpc) is 2.02. The summed E-state index contributed by atoms with van der Waals surface area (Å²) in [7, 11) is 0. The van der Waals surface area contributed by atoms with E-state index in [-0.39, 0.29) is 12.5 Å². The van der Waals surface area contributed by atoms with Gasteiger partial charge in [0.2, 0.25) is 5.91 Å². The first-order valence-electron chi connectivity index (χ1n) is 3.99. The van der Waals surface area contributed by atoms with Crippen LogP contribution in [0.4, 0.5) is 0 Å². The Morgan fingerprint density at radius 3 is 2.25 bits per heavy atom. The second-order valence-electron chi connectivity index (χ2n) is 2.17. The number of carbonyl (C=O) groups is 1. The SMILES string of the molecule is CCNC(=O)CNC(=S)NCC. The summed E-state index contributed by atoms with van der Waals surface area (Å²) in [6, 6.07) is 0. The Morgan fingerprint density at radius 1 is 1.17 bits per heavy atom. The van der Waals surface area contributed by atoms with E-state index in [2.05, 4.69) is 16.0 Å². The second-order valence-corrected chi connectivity index (χ2v) is 2.57. The Morgan fingerprint density at radius 2 is 1.75 bits per heavy atom. The lowest BCUT2D eigenvalue weighted by Crippen LogP contribution is -2.41. The van der Waals surface area contributed by atoms with Gasteiger partial charge in [0.15, 0.2) is 5.11 Å². The molecule has 0 spiro atoms. The van der Waals surface area contributed by atoms with Crippen molar-refractivity contribution in [2.45, 2.75) is 13.8 Å². The van der Waals surface area contributed by atoms with Crippen molar-refractivity contribution in [2.75, 3.05) is 19.6 Å². The van der Waals surface area contributed by atoms with E-state index in [1.54, 1.807) is 0 Å². The smallest absolute Gasteiger partial charge is 0.239 e. The monoisotopic (exact) mass is 189 g/mol. The van der Waals surface area contributed by atoms with E-state index in [1.807, 2.05) is 13.8 Å². The number of nitrogens with one attached hydrogen (secondary N) is 3. The van der Waals surface area contributed by atoms with E-state index in [9.17, 15) is 4.79 Å². The zero-order valence-corrected chi connectivity index (χ0v) is 8.25. The van der Waals surface area contributed by atoms with E-state index < -0.39 is 0 Å². The Balaban J connectivity index is 3.40. The second kappa shape index (κ2) is 6.84. The standard InChI is InChI=1S/C7H15N3OS/c1-3-8-6(11)5-10-7(12)9-4-2/h3-5H2,1-2H3,(H,8,11)(H2,9,10,12). The van der Waals surface area contributed by atoms with Crippen molar-refractivity contribution in [2.24, 2.45) is 0 Å². The molecule has 0 aromatic carbocycles. The van der Waals surface area contributed by atoms with Crippen molar-refractivity contribution in [3.05, 3.63) is 0 Å². The van der Waals surface area contributed by atoms with Crippen LogP contribution in [-0.4, -0.2) is 30.7 Å². The predicted molar refractivity (Wildman–Crippen MR) is 53.0 cm³/mol. The molecule has 0 radical (unpaired) electrons. The van der Waals surface area contributed by atoms with Crippen LogP contribution in [0.5, 0.6) is 0 Å². The summed E-state index contributed by atoms with van der Waals surface area (Å²) in [6.07, 6.45) is 0. The molecular weight excluding hydrogens is 174 g/mol. The summed E-state index contributed by atoms with van der Waals surface area (Å²) in [6.45, 7) is 5.47. The summed E-state index contributed by atoms with van der Waals surface area (Å²) in [4.78, 5) is 10.9. The van der Waals surface area contributed by atoms with Crippen molar-refractivity contribution in [1.82, 2.24) is 16.0 Å². The minimum absolute atomic E-state index is 0.0437. The number of hydrogen-bond donors (Lipinski definition) is 3. The lowest BCUT2D eigenvalue weighted by atomic mass is 10.5. The highest BCUT2D eigenvalue weighted by atomic mass is 32.1. The molecule has 0 aromatic rings. The lowest BCUT2D eigenvalue weighted by Gasteiger charge is -2.07. The summed E-state index contributed by atoms with van der Waals surface area (Å²) < 4.78 is 0. The van der Waals surface area contributed by atoms with Gasteiger partial charge in [0, 0.05) is 13.1 Å². The molecule has 0 bridgehead atoms. The van der Waals surface area contributed by atoms with Gasteiger partial charge >= 0.3 is 0 Å². The van der Waals surface area contributed by atoms with E-state index in [0.29, 0.717) is 11.7 Å². The molecule has 1 amide bonds. The quantitative estimate of drug-likeness (QED) is 0.527. The maximum Gasteiger partial charge on any atom is 0.239 e. The molecule has 0 unspecified atom stereocenters. The van der Waals surface area contributed by atoms with E-state index in [4.69, 9.17) is 12.2 Å². The van der Waals surface area contributed by atoms with Crippen LogP contribution >= 0.6 is 12.2 Å². The fourth-order valence-corrected chi connectivity index (χ4v) is 0.860. The maximum atomic E-state index is 10.9. The van der Waals surface area contributed by atoms with Gasteiger partial charge in [-0.25, -0.2) is 0 Å². The molecule has 0 aliphatic rings. The number of amides is 1. The summed E-state index contributed by atoms with van der Waals surface area (Å²) in [5.74, 6) is -0.0437. The van der Waals surface area contributed by atoms with Crippen LogP contribution in [0.3, 0.4) is 0 Å². The maximum absolute atomic E-state index is 10.9. The molecule has 0 atom stereocenters. The molecule has 3 N–H and O–H groups in total. The molecule has 0 aliphatic carbocycles. The third kappa shape index (κ3) is 5.91. The van der Waals surface area contributed by atoms with Crippen LogP contribution in [0.15, 0.2) is 0 Å². The number of thiocarbonyl (C=S) groups is 1. The first-order chi connectivity index (χ1) is 5.70. The Bertz CT molecular complexity index is 143. The molecule has 70 valence electrons. The minimum Gasteiger partial charge on any atom is -0.363 e. The van der Waals surface area contributed by atoms with Crippen molar-refractivity contribution in [3.8, 4) is 0 Å². The van der Waals surface area contributed by atoms with Crippen LogP contribution in [0.1, 0.15) is 13.8 Å². The van der Waals surface area contributed by atoms with E-state index in [1.165, 1.54) is 0 Å². The number of likely N-dealkylation sites (N-methyl/N-ethyl adjacent to an activating group) is 1. The van der Waals surface area contributed by atoms with Crippen molar-refractivity contribution < 1.29 is 4.79 Å².